The molecule has 2 rings (SSSR count). The second-order valence-corrected chi connectivity index (χ2v) is 7.16. The van der Waals surface area contributed by atoms with Gasteiger partial charge in [0.2, 0.25) is 10.0 Å². The molecule has 0 spiro atoms. The van der Waals surface area contributed by atoms with Gasteiger partial charge < -0.3 is 4.74 Å². The lowest BCUT2D eigenvalue weighted by molar-refractivity contribution is 0.394. The van der Waals surface area contributed by atoms with Crippen LogP contribution in [0.4, 0.5) is 0 Å². The lowest BCUT2D eigenvalue weighted by Crippen LogP contribution is -2.33. The zero-order valence-electron chi connectivity index (χ0n) is 10.7. The van der Waals surface area contributed by atoms with Gasteiger partial charge in [0.15, 0.2) is 0 Å². The Balaban J connectivity index is 2.47. The quantitative estimate of drug-likeness (QED) is 0.744. The smallest absolute Gasteiger partial charge is 0.247 e. The Morgan fingerprint density at radius 2 is 2.21 bits per heavy atom. The van der Waals surface area contributed by atoms with Crippen LogP contribution < -0.4 is 4.74 Å². The monoisotopic (exact) mass is 345 g/mol. The zero-order valence-corrected chi connectivity index (χ0v) is 13.1. The van der Waals surface area contributed by atoms with Gasteiger partial charge in [-0.05, 0) is 31.0 Å². The van der Waals surface area contributed by atoms with Crippen molar-refractivity contribution in [2.75, 3.05) is 13.7 Å². The number of rotatable bonds is 6. The molecule has 1 aromatic rings. The third-order valence-electron chi connectivity index (χ3n) is 2.98. The summed E-state index contributed by atoms with van der Waals surface area (Å²) in [7, 11) is -2.09. The van der Waals surface area contributed by atoms with Gasteiger partial charge in [0.05, 0.1) is 7.11 Å². The predicted molar refractivity (Wildman–Crippen MR) is 77.8 cm³/mol. The van der Waals surface area contributed by atoms with Gasteiger partial charge in [0.1, 0.15) is 10.6 Å². The van der Waals surface area contributed by atoms with Crippen molar-refractivity contribution in [2.45, 2.75) is 23.8 Å². The molecule has 1 saturated carbocycles. The minimum Gasteiger partial charge on any atom is -0.495 e. The summed E-state index contributed by atoms with van der Waals surface area (Å²) in [5, 5.41) is 0. The summed E-state index contributed by atoms with van der Waals surface area (Å²) in [5.41, 5.74) is 0. The van der Waals surface area contributed by atoms with Crippen LogP contribution in [0, 0.1) is 0 Å². The number of hydrogen-bond donors (Lipinski definition) is 0. The van der Waals surface area contributed by atoms with Crippen molar-refractivity contribution in [3.8, 4) is 5.75 Å². The van der Waals surface area contributed by atoms with E-state index in [0.29, 0.717) is 16.8 Å². The lowest BCUT2D eigenvalue weighted by atomic mass is 10.3. The lowest BCUT2D eigenvalue weighted by Gasteiger charge is -2.21. The molecule has 0 saturated heterocycles. The minimum absolute atomic E-state index is 0.0895. The van der Waals surface area contributed by atoms with Gasteiger partial charge in [-0.2, -0.15) is 4.31 Å². The normalized spacial score (nSPS) is 15.5. The number of halogens is 1. The fourth-order valence-electron chi connectivity index (χ4n) is 1.91. The van der Waals surface area contributed by atoms with Gasteiger partial charge in [-0.1, -0.05) is 22.0 Å². The van der Waals surface area contributed by atoms with E-state index in [2.05, 4.69) is 22.5 Å². The van der Waals surface area contributed by atoms with Gasteiger partial charge >= 0.3 is 0 Å². The Bertz CT molecular complexity index is 582. The van der Waals surface area contributed by atoms with E-state index in [4.69, 9.17) is 4.74 Å². The van der Waals surface area contributed by atoms with Gasteiger partial charge in [-0.3, -0.25) is 0 Å². The zero-order chi connectivity index (χ0) is 14.0. The molecular formula is C13H16BrNO3S. The van der Waals surface area contributed by atoms with Crippen LogP contribution in [0.1, 0.15) is 12.8 Å². The van der Waals surface area contributed by atoms with Gasteiger partial charge in [-0.15, -0.1) is 6.58 Å². The van der Waals surface area contributed by atoms with E-state index in [0.717, 1.165) is 12.8 Å². The number of benzene rings is 1. The molecular weight excluding hydrogens is 330 g/mol. The summed E-state index contributed by atoms with van der Waals surface area (Å²) < 4.78 is 32.8. The molecule has 1 fully saturated rings. The van der Waals surface area contributed by atoms with Crippen molar-refractivity contribution in [1.29, 1.82) is 0 Å². The summed E-state index contributed by atoms with van der Waals surface area (Å²) in [6, 6.07) is 5.07. The highest BCUT2D eigenvalue weighted by Gasteiger charge is 2.38. The molecule has 0 N–H and O–H groups in total. The molecule has 0 bridgehead atoms. The molecule has 104 valence electrons. The highest BCUT2D eigenvalue weighted by atomic mass is 79.9. The summed E-state index contributed by atoms with van der Waals surface area (Å²) in [6.07, 6.45) is 3.42. The van der Waals surface area contributed by atoms with Gasteiger partial charge in [-0.25, -0.2) is 8.42 Å². The second kappa shape index (κ2) is 5.64. The molecule has 0 atom stereocenters. The van der Waals surface area contributed by atoms with Crippen LogP contribution >= 0.6 is 15.9 Å². The standard InChI is InChI=1S/C13H16BrNO3S/c1-3-8-15(11-5-6-11)19(16,17)13-9-10(14)4-7-12(13)18-2/h3-4,7,9,11H,1,5-6,8H2,2H3. The molecule has 0 aliphatic heterocycles. The Morgan fingerprint density at radius 3 is 2.74 bits per heavy atom. The van der Waals surface area contributed by atoms with Gasteiger partial charge in [0.25, 0.3) is 0 Å². The number of nitrogens with zero attached hydrogens (tertiary/aromatic N) is 1. The molecule has 0 aromatic heterocycles. The third-order valence-corrected chi connectivity index (χ3v) is 5.41. The van der Waals surface area contributed by atoms with Crippen molar-refractivity contribution < 1.29 is 13.2 Å². The second-order valence-electron chi connectivity index (χ2n) is 4.39. The van der Waals surface area contributed by atoms with E-state index in [-0.39, 0.29) is 10.9 Å². The molecule has 0 radical (unpaired) electrons. The molecule has 6 heteroatoms. The molecule has 0 unspecified atom stereocenters. The van der Waals surface area contributed by atoms with Crippen molar-refractivity contribution in [1.82, 2.24) is 4.31 Å². The number of hydrogen-bond acceptors (Lipinski definition) is 3. The number of sulfonamides is 1. The Labute approximate surface area is 122 Å². The summed E-state index contributed by atoms with van der Waals surface area (Å²) in [5.74, 6) is 0.359. The van der Waals surface area contributed by atoms with Crippen molar-refractivity contribution in [3.05, 3.63) is 35.3 Å². The Kier molecular flexibility index (Phi) is 4.32. The largest absolute Gasteiger partial charge is 0.495 e. The van der Waals surface area contributed by atoms with Crippen LogP contribution in [0.2, 0.25) is 0 Å². The molecule has 19 heavy (non-hydrogen) atoms. The number of methoxy groups -OCH3 is 1. The first-order valence-electron chi connectivity index (χ1n) is 5.97. The van der Waals surface area contributed by atoms with Crippen LogP contribution in [0.25, 0.3) is 0 Å². The summed E-state index contributed by atoms with van der Waals surface area (Å²) in [4.78, 5) is 0.193. The highest BCUT2D eigenvalue weighted by Crippen LogP contribution is 2.36. The molecule has 4 nitrogen and oxygen atoms in total. The maximum absolute atomic E-state index is 12.7. The maximum atomic E-state index is 12.7. The SMILES string of the molecule is C=CCN(C1CC1)S(=O)(=O)c1cc(Br)ccc1OC. The van der Waals surface area contributed by atoms with Crippen LogP contribution in [0.15, 0.2) is 40.2 Å². The molecule has 1 aliphatic carbocycles. The van der Waals surface area contributed by atoms with Crippen molar-refractivity contribution in [2.24, 2.45) is 0 Å². The van der Waals surface area contributed by atoms with Crippen molar-refractivity contribution >= 4 is 26.0 Å². The van der Waals surface area contributed by atoms with Gasteiger partial charge in [0, 0.05) is 17.1 Å². The average molecular weight is 346 g/mol. The molecule has 1 aliphatic rings. The first kappa shape index (κ1) is 14.6. The average Bonchev–Trinajstić information content (AvgIpc) is 3.20. The summed E-state index contributed by atoms with van der Waals surface area (Å²) in [6.45, 7) is 3.95. The minimum atomic E-state index is -3.56. The van der Waals surface area contributed by atoms with E-state index in [1.807, 2.05) is 0 Å². The number of ether oxygens (including phenoxy) is 1. The van der Waals surface area contributed by atoms with Crippen LogP contribution in [-0.4, -0.2) is 32.4 Å². The van der Waals surface area contributed by atoms with E-state index < -0.39 is 10.0 Å². The van der Waals surface area contributed by atoms with Crippen LogP contribution in [0.5, 0.6) is 5.75 Å². The van der Waals surface area contributed by atoms with E-state index in [1.165, 1.54) is 11.4 Å². The Hall–Kier alpha value is -0.850. The third kappa shape index (κ3) is 3.01. The van der Waals surface area contributed by atoms with E-state index >= 15 is 0 Å². The first-order valence-corrected chi connectivity index (χ1v) is 8.20. The molecule has 1 aromatic carbocycles. The Morgan fingerprint density at radius 1 is 1.53 bits per heavy atom. The maximum Gasteiger partial charge on any atom is 0.247 e. The highest BCUT2D eigenvalue weighted by molar-refractivity contribution is 9.10. The first-order chi connectivity index (χ1) is 9.00. The van der Waals surface area contributed by atoms with Crippen LogP contribution in [-0.2, 0) is 10.0 Å². The predicted octanol–water partition coefficient (Wildman–Crippen LogP) is 2.80. The van der Waals surface area contributed by atoms with Crippen LogP contribution in [0.3, 0.4) is 0 Å². The topological polar surface area (TPSA) is 46.6 Å². The van der Waals surface area contributed by atoms with E-state index in [9.17, 15) is 8.42 Å². The fraction of sp³-hybridized carbons (Fsp3) is 0.385. The molecule has 0 amide bonds. The summed E-state index contributed by atoms with van der Waals surface area (Å²) >= 11 is 3.30. The van der Waals surface area contributed by atoms with E-state index in [1.54, 1.807) is 24.3 Å². The molecule has 0 heterocycles. The van der Waals surface area contributed by atoms with Crippen molar-refractivity contribution in [3.63, 3.8) is 0 Å². The fourth-order valence-corrected chi connectivity index (χ4v) is 4.26.